The highest BCUT2D eigenvalue weighted by molar-refractivity contribution is 5.08. The molecular formula is C7H4F4O2. The number of hydrogen-bond donors (Lipinski definition) is 0. The molecule has 1 aromatic heterocycles. The largest absolute Gasteiger partial charge is 0.454 e. The Labute approximate surface area is 69.8 Å². The third-order valence-corrected chi connectivity index (χ3v) is 1.23. The Hall–Kier alpha value is -1.33. The zero-order chi connectivity index (χ0) is 10.0. The Kier molecular flexibility index (Phi) is 2.69. The van der Waals surface area contributed by atoms with Crippen LogP contribution in [0.4, 0.5) is 17.6 Å². The first-order valence-corrected chi connectivity index (χ1v) is 3.22. The first-order valence-electron chi connectivity index (χ1n) is 3.22. The lowest BCUT2D eigenvalue weighted by atomic mass is 10.3. The summed E-state index contributed by atoms with van der Waals surface area (Å²) in [4.78, 5) is 10.6. The predicted molar refractivity (Wildman–Crippen MR) is 34.9 cm³/mol. The average molecular weight is 196 g/mol. The molecule has 0 atom stereocenters. The van der Waals surface area contributed by atoms with Gasteiger partial charge in [0.05, 0.1) is 0 Å². The molecule has 1 rings (SSSR count). The van der Waals surface area contributed by atoms with Crippen LogP contribution in [0.3, 0.4) is 0 Å². The molecule has 0 bridgehead atoms. The number of hydrogen-bond acceptors (Lipinski definition) is 2. The van der Waals surface area contributed by atoms with Crippen molar-refractivity contribution in [3.8, 4) is 0 Å². The first-order chi connectivity index (χ1) is 6.00. The molecule has 72 valence electrons. The van der Waals surface area contributed by atoms with Crippen LogP contribution in [0.5, 0.6) is 0 Å². The van der Waals surface area contributed by atoms with Crippen molar-refractivity contribution in [2.24, 2.45) is 0 Å². The summed E-state index contributed by atoms with van der Waals surface area (Å²) in [6.07, 6.45) is -6.13. The fraction of sp³-hybridized carbons (Fsp3) is 0.286. The van der Waals surface area contributed by atoms with E-state index in [4.69, 9.17) is 0 Å². The second kappa shape index (κ2) is 3.59. The van der Waals surface area contributed by atoms with Gasteiger partial charge in [0.1, 0.15) is 0 Å². The van der Waals surface area contributed by atoms with E-state index < -0.39 is 29.8 Å². The second-order valence-corrected chi connectivity index (χ2v) is 2.20. The Morgan fingerprint density at radius 2 is 1.38 bits per heavy atom. The number of halogens is 4. The van der Waals surface area contributed by atoms with Crippen LogP contribution in [-0.2, 0) is 0 Å². The lowest BCUT2D eigenvalue weighted by molar-refractivity contribution is 0.0863. The average Bonchev–Trinajstić information content (AvgIpc) is 2.03. The summed E-state index contributed by atoms with van der Waals surface area (Å²) < 4.78 is 51.7. The lowest BCUT2D eigenvalue weighted by Crippen LogP contribution is -2.03. The molecule has 0 N–H and O–H groups in total. The van der Waals surface area contributed by atoms with E-state index in [2.05, 4.69) is 4.42 Å². The SMILES string of the molecule is O=c1cc(C(F)F)oc(C(F)F)c1. The van der Waals surface area contributed by atoms with Crippen LogP contribution in [0.25, 0.3) is 0 Å². The zero-order valence-electron chi connectivity index (χ0n) is 6.14. The molecule has 0 unspecified atom stereocenters. The van der Waals surface area contributed by atoms with Crippen molar-refractivity contribution in [1.82, 2.24) is 0 Å². The molecule has 0 saturated heterocycles. The molecule has 0 saturated carbocycles. The van der Waals surface area contributed by atoms with E-state index in [9.17, 15) is 22.4 Å². The van der Waals surface area contributed by atoms with E-state index >= 15 is 0 Å². The highest BCUT2D eigenvalue weighted by Crippen LogP contribution is 2.23. The summed E-state index contributed by atoms with van der Waals surface area (Å²) >= 11 is 0. The molecule has 0 radical (unpaired) electrons. The first kappa shape index (κ1) is 9.76. The topological polar surface area (TPSA) is 30.2 Å². The smallest absolute Gasteiger partial charge is 0.295 e. The van der Waals surface area contributed by atoms with Crippen molar-refractivity contribution in [3.05, 3.63) is 33.9 Å². The van der Waals surface area contributed by atoms with Crippen LogP contribution in [0.2, 0.25) is 0 Å². The van der Waals surface area contributed by atoms with E-state index in [0.717, 1.165) is 0 Å². The van der Waals surface area contributed by atoms with Gasteiger partial charge in [-0.25, -0.2) is 17.6 Å². The molecular weight excluding hydrogens is 192 g/mol. The minimum atomic E-state index is -3.06. The maximum Gasteiger partial charge on any atom is 0.295 e. The van der Waals surface area contributed by atoms with Crippen LogP contribution in [0.1, 0.15) is 24.4 Å². The lowest BCUT2D eigenvalue weighted by Gasteiger charge is -2.01. The normalized spacial score (nSPS) is 11.2. The summed E-state index contributed by atoms with van der Waals surface area (Å²) in [5.74, 6) is -2.08. The fourth-order valence-corrected chi connectivity index (χ4v) is 0.732. The monoisotopic (exact) mass is 196 g/mol. The third kappa shape index (κ3) is 2.30. The van der Waals surface area contributed by atoms with E-state index in [0.29, 0.717) is 12.1 Å². The molecule has 1 heterocycles. The molecule has 0 amide bonds. The van der Waals surface area contributed by atoms with Crippen LogP contribution in [0.15, 0.2) is 21.3 Å². The third-order valence-electron chi connectivity index (χ3n) is 1.23. The summed E-state index contributed by atoms with van der Waals surface area (Å²) in [6.45, 7) is 0. The van der Waals surface area contributed by atoms with Crippen molar-refractivity contribution in [1.29, 1.82) is 0 Å². The highest BCUT2D eigenvalue weighted by atomic mass is 19.3. The van der Waals surface area contributed by atoms with Gasteiger partial charge in [-0.1, -0.05) is 0 Å². The standard InChI is InChI=1S/C7H4F4O2/c8-6(9)4-1-3(12)2-5(13-4)7(10)11/h1-2,6-7H. The summed E-state index contributed by atoms with van der Waals surface area (Å²) in [6, 6.07) is 0.965. The predicted octanol–water partition coefficient (Wildman–Crippen LogP) is 2.52. The van der Waals surface area contributed by atoms with Gasteiger partial charge in [-0.05, 0) is 0 Å². The van der Waals surface area contributed by atoms with Gasteiger partial charge >= 0.3 is 0 Å². The van der Waals surface area contributed by atoms with Gasteiger partial charge in [0.2, 0.25) is 0 Å². The summed E-state index contributed by atoms with van der Waals surface area (Å²) in [5.41, 5.74) is -0.920. The van der Waals surface area contributed by atoms with Gasteiger partial charge in [-0.15, -0.1) is 0 Å². The van der Waals surface area contributed by atoms with E-state index in [-0.39, 0.29) is 0 Å². The minimum Gasteiger partial charge on any atom is -0.454 e. The maximum atomic E-state index is 11.9. The fourth-order valence-electron chi connectivity index (χ4n) is 0.732. The molecule has 2 nitrogen and oxygen atoms in total. The number of alkyl halides is 4. The van der Waals surface area contributed by atoms with Crippen molar-refractivity contribution >= 4 is 0 Å². The number of rotatable bonds is 2. The molecule has 0 aliphatic rings. The minimum absolute atomic E-state index is 0.483. The van der Waals surface area contributed by atoms with Crippen LogP contribution in [0, 0.1) is 0 Å². The van der Waals surface area contributed by atoms with Gasteiger partial charge < -0.3 is 4.42 Å². The Morgan fingerprint density at radius 3 is 1.69 bits per heavy atom. The van der Waals surface area contributed by atoms with E-state index in [1.807, 2.05) is 0 Å². The molecule has 6 heteroatoms. The van der Waals surface area contributed by atoms with Crippen molar-refractivity contribution in [2.45, 2.75) is 12.9 Å². The van der Waals surface area contributed by atoms with Gasteiger partial charge in [-0.2, -0.15) is 0 Å². The van der Waals surface area contributed by atoms with Crippen LogP contribution >= 0.6 is 0 Å². The van der Waals surface area contributed by atoms with E-state index in [1.54, 1.807) is 0 Å². The molecule has 1 aromatic rings. The Bertz CT molecular complexity index is 315. The van der Waals surface area contributed by atoms with Crippen molar-refractivity contribution in [3.63, 3.8) is 0 Å². The van der Waals surface area contributed by atoms with Gasteiger partial charge in [0, 0.05) is 12.1 Å². The molecule has 0 aromatic carbocycles. The quantitative estimate of drug-likeness (QED) is 0.680. The summed E-state index contributed by atoms with van der Waals surface area (Å²) in [5, 5.41) is 0. The molecule has 0 aliphatic carbocycles. The van der Waals surface area contributed by atoms with Gasteiger partial charge in [0.25, 0.3) is 12.9 Å². The van der Waals surface area contributed by atoms with Crippen LogP contribution < -0.4 is 5.43 Å². The maximum absolute atomic E-state index is 11.9. The molecule has 0 fully saturated rings. The van der Waals surface area contributed by atoms with Crippen molar-refractivity contribution in [2.75, 3.05) is 0 Å². The van der Waals surface area contributed by atoms with Gasteiger partial charge in [0.15, 0.2) is 16.9 Å². The van der Waals surface area contributed by atoms with E-state index in [1.165, 1.54) is 0 Å². The van der Waals surface area contributed by atoms with Crippen molar-refractivity contribution < 1.29 is 22.0 Å². The Balaban J connectivity index is 3.19. The molecule has 0 aliphatic heterocycles. The van der Waals surface area contributed by atoms with Crippen LogP contribution in [-0.4, -0.2) is 0 Å². The van der Waals surface area contributed by atoms with Gasteiger partial charge in [-0.3, -0.25) is 4.79 Å². The molecule has 13 heavy (non-hydrogen) atoms. The highest BCUT2D eigenvalue weighted by Gasteiger charge is 2.16. The Morgan fingerprint density at radius 1 is 1.00 bits per heavy atom. The second-order valence-electron chi connectivity index (χ2n) is 2.20. The summed E-state index contributed by atoms with van der Waals surface area (Å²) in [7, 11) is 0. The molecule has 0 spiro atoms. The zero-order valence-corrected chi connectivity index (χ0v) is 6.14.